The first-order valence-electron chi connectivity index (χ1n) is 4.55. The Bertz CT molecular complexity index is 518. The van der Waals surface area contributed by atoms with Gasteiger partial charge in [-0.25, -0.2) is 0 Å². The van der Waals surface area contributed by atoms with Crippen molar-refractivity contribution in [3.05, 3.63) is 35.6 Å². The molecule has 1 heterocycles. The standard InChI is InChI=1S/C10H9ClN4O/c1-15-10(11)9(6-12-15)14-13-7-2-4-8(16)5-3-7/h2-6,16H,1H3. The van der Waals surface area contributed by atoms with Gasteiger partial charge in [0.2, 0.25) is 0 Å². The van der Waals surface area contributed by atoms with Gasteiger partial charge in [-0.2, -0.15) is 10.2 Å². The number of nitrogens with zero attached hydrogens (tertiary/aromatic N) is 4. The van der Waals surface area contributed by atoms with Crippen LogP contribution in [0.5, 0.6) is 5.75 Å². The van der Waals surface area contributed by atoms with E-state index in [9.17, 15) is 0 Å². The van der Waals surface area contributed by atoms with E-state index in [1.54, 1.807) is 31.3 Å². The van der Waals surface area contributed by atoms with Crippen LogP contribution in [0.2, 0.25) is 5.15 Å². The van der Waals surface area contributed by atoms with E-state index in [4.69, 9.17) is 16.7 Å². The highest BCUT2D eigenvalue weighted by atomic mass is 35.5. The molecule has 2 rings (SSSR count). The highest BCUT2D eigenvalue weighted by molar-refractivity contribution is 6.31. The number of hydrogen-bond acceptors (Lipinski definition) is 4. The van der Waals surface area contributed by atoms with E-state index in [1.807, 2.05) is 0 Å². The lowest BCUT2D eigenvalue weighted by Crippen LogP contribution is -1.87. The minimum Gasteiger partial charge on any atom is -0.508 e. The maximum absolute atomic E-state index is 9.08. The van der Waals surface area contributed by atoms with Gasteiger partial charge in [0.05, 0.1) is 11.9 Å². The molecule has 0 saturated heterocycles. The number of aromatic nitrogens is 2. The molecular formula is C10H9ClN4O. The lowest BCUT2D eigenvalue weighted by molar-refractivity contribution is 0.475. The van der Waals surface area contributed by atoms with Crippen molar-refractivity contribution in [3.63, 3.8) is 0 Å². The van der Waals surface area contributed by atoms with Crippen molar-refractivity contribution in [1.82, 2.24) is 9.78 Å². The Morgan fingerprint density at radius 3 is 2.50 bits per heavy atom. The zero-order valence-electron chi connectivity index (χ0n) is 8.50. The number of aryl methyl sites for hydroxylation is 1. The number of azo groups is 1. The molecule has 0 aliphatic heterocycles. The SMILES string of the molecule is Cn1ncc(N=Nc2ccc(O)cc2)c1Cl. The van der Waals surface area contributed by atoms with Crippen LogP contribution in [0.1, 0.15) is 0 Å². The summed E-state index contributed by atoms with van der Waals surface area (Å²) in [7, 11) is 1.72. The minimum atomic E-state index is 0.193. The summed E-state index contributed by atoms with van der Waals surface area (Å²) < 4.78 is 1.51. The second-order valence-electron chi connectivity index (χ2n) is 3.16. The fraction of sp³-hybridized carbons (Fsp3) is 0.100. The zero-order valence-corrected chi connectivity index (χ0v) is 9.26. The molecule has 2 aromatic rings. The monoisotopic (exact) mass is 236 g/mol. The Balaban J connectivity index is 2.21. The summed E-state index contributed by atoms with van der Waals surface area (Å²) in [6.45, 7) is 0. The second-order valence-corrected chi connectivity index (χ2v) is 3.52. The van der Waals surface area contributed by atoms with Gasteiger partial charge >= 0.3 is 0 Å². The Hall–Kier alpha value is -1.88. The first kappa shape index (κ1) is 10.6. The van der Waals surface area contributed by atoms with Gasteiger partial charge in [0.1, 0.15) is 11.4 Å². The second kappa shape index (κ2) is 4.32. The summed E-state index contributed by atoms with van der Waals surface area (Å²) in [6, 6.07) is 6.39. The van der Waals surface area contributed by atoms with Crippen LogP contribution >= 0.6 is 11.6 Å². The van der Waals surface area contributed by atoms with Gasteiger partial charge in [-0.05, 0) is 24.3 Å². The molecular weight excluding hydrogens is 228 g/mol. The molecule has 0 aliphatic carbocycles. The molecule has 0 unspecified atom stereocenters. The maximum Gasteiger partial charge on any atom is 0.154 e. The third-order valence-electron chi connectivity index (χ3n) is 1.97. The molecule has 0 aliphatic rings. The topological polar surface area (TPSA) is 62.8 Å². The third-order valence-corrected chi connectivity index (χ3v) is 2.41. The van der Waals surface area contributed by atoms with Crippen LogP contribution in [-0.2, 0) is 7.05 Å². The van der Waals surface area contributed by atoms with E-state index < -0.39 is 0 Å². The lowest BCUT2D eigenvalue weighted by atomic mass is 10.3. The largest absolute Gasteiger partial charge is 0.508 e. The van der Waals surface area contributed by atoms with E-state index in [1.165, 1.54) is 10.9 Å². The van der Waals surface area contributed by atoms with Crippen molar-refractivity contribution in [1.29, 1.82) is 0 Å². The van der Waals surface area contributed by atoms with Crippen LogP contribution in [0.25, 0.3) is 0 Å². The van der Waals surface area contributed by atoms with Crippen molar-refractivity contribution >= 4 is 23.0 Å². The van der Waals surface area contributed by atoms with Gasteiger partial charge in [-0.3, -0.25) is 4.68 Å². The number of benzene rings is 1. The van der Waals surface area contributed by atoms with Crippen molar-refractivity contribution < 1.29 is 5.11 Å². The smallest absolute Gasteiger partial charge is 0.154 e. The zero-order chi connectivity index (χ0) is 11.5. The molecule has 5 nitrogen and oxygen atoms in total. The highest BCUT2D eigenvalue weighted by Crippen LogP contribution is 2.26. The van der Waals surface area contributed by atoms with Gasteiger partial charge < -0.3 is 5.11 Å². The molecule has 16 heavy (non-hydrogen) atoms. The van der Waals surface area contributed by atoms with E-state index >= 15 is 0 Å². The third kappa shape index (κ3) is 2.20. The average Bonchev–Trinajstić information content (AvgIpc) is 2.60. The first-order chi connectivity index (χ1) is 7.66. The summed E-state index contributed by atoms with van der Waals surface area (Å²) in [5, 5.41) is 21.4. The van der Waals surface area contributed by atoms with E-state index in [0.717, 1.165) is 0 Å². The molecule has 6 heteroatoms. The van der Waals surface area contributed by atoms with Gasteiger partial charge in [0.15, 0.2) is 5.15 Å². The number of halogens is 1. The summed E-state index contributed by atoms with van der Waals surface area (Å²) in [5.74, 6) is 0.193. The molecule has 0 spiro atoms. The molecule has 0 amide bonds. The van der Waals surface area contributed by atoms with Crippen LogP contribution in [0.15, 0.2) is 40.7 Å². The van der Waals surface area contributed by atoms with Crippen molar-refractivity contribution in [2.45, 2.75) is 0 Å². The van der Waals surface area contributed by atoms with E-state index in [-0.39, 0.29) is 5.75 Å². The predicted molar refractivity (Wildman–Crippen MR) is 60.5 cm³/mol. The highest BCUT2D eigenvalue weighted by Gasteiger charge is 2.03. The van der Waals surface area contributed by atoms with Gasteiger partial charge in [0.25, 0.3) is 0 Å². The van der Waals surface area contributed by atoms with Gasteiger partial charge in [-0.15, -0.1) is 5.11 Å². The molecule has 1 aromatic carbocycles. The molecule has 82 valence electrons. The number of hydrogen-bond donors (Lipinski definition) is 1. The first-order valence-corrected chi connectivity index (χ1v) is 4.93. The Morgan fingerprint density at radius 2 is 1.94 bits per heavy atom. The van der Waals surface area contributed by atoms with E-state index in [2.05, 4.69) is 15.3 Å². The molecule has 0 atom stereocenters. The van der Waals surface area contributed by atoms with Crippen LogP contribution < -0.4 is 0 Å². The Labute approximate surface area is 97.0 Å². The van der Waals surface area contributed by atoms with Crippen LogP contribution in [0, 0.1) is 0 Å². The molecule has 0 fully saturated rings. The van der Waals surface area contributed by atoms with Crippen LogP contribution in [0.3, 0.4) is 0 Å². The van der Waals surface area contributed by atoms with Crippen molar-refractivity contribution in [2.24, 2.45) is 17.3 Å². The van der Waals surface area contributed by atoms with Crippen LogP contribution in [0.4, 0.5) is 11.4 Å². The lowest BCUT2D eigenvalue weighted by Gasteiger charge is -1.93. The average molecular weight is 237 g/mol. The normalized spacial score (nSPS) is 11.1. The molecule has 1 aromatic heterocycles. The van der Waals surface area contributed by atoms with Gasteiger partial charge in [-0.1, -0.05) is 11.6 Å². The summed E-state index contributed by atoms with van der Waals surface area (Å²) in [5.41, 5.74) is 1.15. The molecule has 0 bridgehead atoms. The summed E-state index contributed by atoms with van der Waals surface area (Å²) in [4.78, 5) is 0. The fourth-order valence-electron chi connectivity index (χ4n) is 1.11. The number of aromatic hydroxyl groups is 1. The number of rotatable bonds is 2. The number of phenols is 1. The van der Waals surface area contributed by atoms with Crippen molar-refractivity contribution in [2.75, 3.05) is 0 Å². The van der Waals surface area contributed by atoms with Crippen LogP contribution in [-0.4, -0.2) is 14.9 Å². The van der Waals surface area contributed by atoms with Crippen molar-refractivity contribution in [3.8, 4) is 5.75 Å². The maximum atomic E-state index is 9.08. The minimum absolute atomic E-state index is 0.193. The summed E-state index contributed by atoms with van der Waals surface area (Å²) >= 11 is 5.91. The quantitative estimate of drug-likeness (QED) is 0.814. The fourth-order valence-corrected chi connectivity index (χ4v) is 1.24. The summed E-state index contributed by atoms with van der Waals surface area (Å²) in [6.07, 6.45) is 1.53. The predicted octanol–water partition coefficient (Wildman–Crippen LogP) is 3.19. The number of phenolic OH excluding ortho intramolecular Hbond substituents is 1. The molecule has 0 saturated carbocycles. The molecule has 1 N–H and O–H groups in total. The molecule has 0 radical (unpaired) electrons. The van der Waals surface area contributed by atoms with E-state index in [0.29, 0.717) is 16.5 Å². The Morgan fingerprint density at radius 1 is 1.25 bits per heavy atom. The Kier molecular flexibility index (Phi) is 2.87. The van der Waals surface area contributed by atoms with Gasteiger partial charge in [0, 0.05) is 7.05 Å².